The maximum absolute atomic E-state index is 6.09. The highest BCUT2D eigenvalue weighted by Gasteiger charge is 2.11. The molecule has 0 saturated carbocycles. The molecule has 9 heteroatoms. The summed E-state index contributed by atoms with van der Waals surface area (Å²) < 4.78 is 11.5. The molecule has 7 nitrogen and oxygen atoms in total. The number of halogens is 1. The van der Waals surface area contributed by atoms with E-state index in [1.165, 1.54) is 4.88 Å². The molecular weight excluding hydrogens is 537 g/mol. The monoisotopic (exact) mass is 573 g/mol. The van der Waals surface area contributed by atoms with Crippen molar-refractivity contribution < 1.29 is 9.47 Å². The summed E-state index contributed by atoms with van der Waals surface area (Å²) in [5, 5.41) is 7.91. The van der Waals surface area contributed by atoms with Gasteiger partial charge in [0.25, 0.3) is 0 Å². The number of para-hydroxylation sites is 1. The predicted molar refractivity (Wildman–Crippen MR) is 143 cm³/mol. The van der Waals surface area contributed by atoms with Gasteiger partial charge in [-0.3, -0.25) is 4.90 Å². The molecule has 0 atom stereocenters. The Hall–Kier alpha value is -1.43. The lowest BCUT2D eigenvalue weighted by atomic mass is 10.2. The number of aryl methyl sites for hydroxylation is 2. The number of nitrogens with one attached hydrogen (secondary N) is 2. The molecule has 0 amide bonds. The number of morpholine rings is 1. The Morgan fingerprint density at radius 3 is 2.72 bits per heavy atom. The number of nitrogens with zero attached hydrogens (tertiary/aromatic N) is 3. The molecule has 3 rings (SSSR count). The minimum Gasteiger partial charge on any atom is -0.492 e. The number of aromatic nitrogens is 1. The number of benzene rings is 1. The van der Waals surface area contributed by atoms with E-state index in [2.05, 4.69) is 47.4 Å². The first kappa shape index (κ1) is 26.8. The molecule has 178 valence electrons. The molecule has 0 bridgehead atoms. The van der Waals surface area contributed by atoms with Gasteiger partial charge in [0, 0.05) is 49.6 Å². The van der Waals surface area contributed by atoms with Gasteiger partial charge in [-0.2, -0.15) is 0 Å². The maximum atomic E-state index is 6.09. The highest BCUT2D eigenvalue weighted by Crippen LogP contribution is 2.19. The molecule has 0 radical (unpaired) electrons. The molecule has 0 aliphatic carbocycles. The summed E-state index contributed by atoms with van der Waals surface area (Å²) >= 11 is 1.77. The summed E-state index contributed by atoms with van der Waals surface area (Å²) in [5.41, 5.74) is 2.22. The summed E-state index contributed by atoms with van der Waals surface area (Å²) in [6.07, 6.45) is 0.894. The smallest absolute Gasteiger partial charge is 0.191 e. The van der Waals surface area contributed by atoms with Crippen LogP contribution in [0.2, 0.25) is 0 Å². The first-order valence-corrected chi connectivity index (χ1v) is 11.9. The third-order valence-electron chi connectivity index (χ3n) is 5.20. The van der Waals surface area contributed by atoms with Crippen molar-refractivity contribution in [2.75, 3.05) is 52.5 Å². The molecule has 1 aromatic heterocycles. The fraction of sp³-hybridized carbons (Fsp3) is 0.565. The highest BCUT2D eigenvalue weighted by atomic mass is 127. The van der Waals surface area contributed by atoms with Crippen LogP contribution in [0.5, 0.6) is 5.75 Å². The van der Waals surface area contributed by atoms with E-state index in [-0.39, 0.29) is 24.0 Å². The van der Waals surface area contributed by atoms with Crippen molar-refractivity contribution in [1.82, 2.24) is 20.5 Å². The van der Waals surface area contributed by atoms with E-state index in [0.29, 0.717) is 13.2 Å². The first-order valence-electron chi connectivity index (χ1n) is 11.1. The van der Waals surface area contributed by atoms with Crippen LogP contribution < -0.4 is 15.4 Å². The molecule has 1 aliphatic rings. The van der Waals surface area contributed by atoms with Gasteiger partial charge in [0.2, 0.25) is 0 Å². The van der Waals surface area contributed by atoms with Crippen LogP contribution in [0.4, 0.5) is 0 Å². The van der Waals surface area contributed by atoms with E-state index in [4.69, 9.17) is 14.5 Å². The summed E-state index contributed by atoms with van der Waals surface area (Å²) in [4.78, 5) is 13.0. The van der Waals surface area contributed by atoms with Gasteiger partial charge < -0.3 is 20.1 Å². The van der Waals surface area contributed by atoms with E-state index in [0.717, 1.165) is 80.3 Å². The molecule has 2 aromatic rings. The van der Waals surface area contributed by atoms with Crippen molar-refractivity contribution in [1.29, 1.82) is 0 Å². The van der Waals surface area contributed by atoms with Gasteiger partial charge in [-0.05, 0) is 26.8 Å². The quantitative estimate of drug-likeness (QED) is 0.258. The Morgan fingerprint density at radius 1 is 1.22 bits per heavy atom. The number of aliphatic imine (C=N–C) groups is 1. The summed E-state index contributed by atoms with van der Waals surface area (Å²) in [6, 6.07) is 8.15. The second kappa shape index (κ2) is 14.7. The lowest BCUT2D eigenvalue weighted by Gasteiger charge is -2.26. The van der Waals surface area contributed by atoms with Crippen molar-refractivity contribution in [2.45, 2.75) is 33.7 Å². The van der Waals surface area contributed by atoms with Gasteiger partial charge in [-0.25, -0.2) is 9.98 Å². The van der Waals surface area contributed by atoms with Crippen LogP contribution in [-0.2, 0) is 17.7 Å². The first-order chi connectivity index (χ1) is 15.2. The van der Waals surface area contributed by atoms with Gasteiger partial charge in [0.15, 0.2) is 5.96 Å². The van der Waals surface area contributed by atoms with E-state index in [9.17, 15) is 0 Å². The van der Waals surface area contributed by atoms with E-state index < -0.39 is 0 Å². The van der Waals surface area contributed by atoms with Crippen molar-refractivity contribution in [2.24, 2.45) is 4.99 Å². The standard InChI is InChI=1S/C23H35N5O2S.HI/c1-4-24-23(25-10-9-22-27-18(2)19(3)31-22)26-17-20-7-5-6-8-21(20)30-16-13-28-11-14-29-15-12-28;/h5-8H,4,9-17H2,1-3H3,(H2,24,25,26);1H. The van der Waals surface area contributed by atoms with Crippen LogP contribution in [0.15, 0.2) is 29.3 Å². The Balaban J connectivity index is 0.00000363. The third-order valence-corrected chi connectivity index (χ3v) is 6.33. The number of guanidine groups is 1. The number of hydrogen-bond donors (Lipinski definition) is 2. The summed E-state index contributed by atoms with van der Waals surface area (Å²) in [6.45, 7) is 13.6. The molecule has 32 heavy (non-hydrogen) atoms. The minimum absolute atomic E-state index is 0. The Labute approximate surface area is 213 Å². The SMILES string of the molecule is CCNC(=NCc1ccccc1OCCN1CCOCC1)NCCc1nc(C)c(C)s1.I. The molecule has 0 spiro atoms. The van der Waals surface area contributed by atoms with Gasteiger partial charge in [-0.1, -0.05) is 18.2 Å². The Morgan fingerprint density at radius 2 is 2.00 bits per heavy atom. The molecule has 0 unspecified atom stereocenters. The van der Waals surface area contributed by atoms with Crippen LogP contribution in [0, 0.1) is 13.8 Å². The normalized spacial score (nSPS) is 14.7. The molecule has 1 aromatic carbocycles. The molecule has 1 aliphatic heterocycles. The molecule has 1 saturated heterocycles. The number of ether oxygens (including phenoxy) is 2. The second-order valence-electron chi connectivity index (χ2n) is 7.53. The number of hydrogen-bond acceptors (Lipinski definition) is 6. The molecule has 1 fully saturated rings. The molecular formula is C23H36IN5O2S. The zero-order chi connectivity index (χ0) is 21.9. The van der Waals surface area contributed by atoms with E-state index in [1.54, 1.807) is 11.3 Å². The van der Waals surface area contributed by atoms with Crippen LogP contribution >= 0.6 is 35.3 Å². The highest BCUT2D eigenvalue weighted by molar-refractivity contribution is 14.0. The van der Waals surface area contributed by atoms with Gasteiger partial charge >= 0.3 is 0 Å². The lowest BCUT2D eigenvalue weighted by Crippen LogP contribution is -2.38. The minimum atomic E-state index is 0. The average molecular weight is 574 g/mol. The number of thiazole rings is 1. The topological polar surface area (TPSA) is 71.0 Å². The number of rotatable bonds is 10. The Bertz CT molecular complexity index is 820. The van der Waals surface area contributed by atoms with Gasteiger partial charge in [0.1, 0.15) is 12.4 Å². The summed E-state index contributed by atoms with van der Waals surface area (Å²) in [7, 11) is 0. The third kappa shape index (κ3) is 8.84. The lowest BCUT2D eigenvalue weighted by molar-refractivity contribution is 0.0322. The largest absolute Gasteiger partial charge is 0.492 e. The maximum Gasteiger partial charge on any atom is 0.191 e. The Kier molecular flexibility index (Phi) is 12.3. The fourth-order valence-electron chi connectivity index (χ4n) is 3.32. The zero-order valence-corrected chi connectivity index (χ0v) is 22.5. The van der Waals surface area contributed by atoms with Gasteiger partial charge in [-0.15, -0.1) is 35.3 Å². The average Bonchev–Trinajstić information content (AvgIpc) is 3.10. The van der Waals surface area contributed by atoms with Crippen LogP contribution in [0.3, 0.4) is 0 Å². The zero-order valence-electron chi connectivity index (χ0n) is 19.4. The van der Waals surface area contributed by atoms with Crippen molar-refractivity contribution >= 4 is 41.3 Å². The van der Waals surface area contributed by atoms with E-state index >= 15 is 0 Å². The molecule has 2 heterocycles. The van der Waals surface area contributed by atoms with E-state index in [1.807, 2.05) is 18.2 Å². The van der Waals surface area contributed by atoms with Crippen LogP contribution in [0.1, 0.15) is 28.1 Å². The summed E-state index contributed by atoms with van der Waals surface area (Å²) in [5.74, 6) is 1.72. The van der Waals surface area contributed by atoms with Crippen molar-refractivity contribution in [3.05, 3.63) is 45.4 Å². The van der Waals surface area contributed by atoms with Gasteiger partial charge in [0.05, 0.1) is 30.5 Å². The van der Waals surface area contributed by atoms with Crippen LogP contribution in [-0.4, -0.2) is 68.4 Å². The molecule has 2 N–H and O–H groups in total. The fourth-order valence-corrected chi connectivity index (χ4v) is 4.26. The van der Waals surface area contributed by atoms with Crippen molar-refractivity contribution in [3.8, 4) is 5.75 Å². The van der Waals surface area contributed by atoms with Crippen LogP contribution in [0.25, 0.3) is 0 Å². The second-order valence-corrected chi connectivity index (χ2v) is 8.82. The predicted octanol–water partition coefficient (Wildman–Crippen LogP) is 3.39. The van der Waals surface area contributed by atoms with Crippen molar-refractivity contribution in [3.63, 3.8) is 0 Å².